The highest BCUT2D eigenvalue weighted by Gasteiger charge is 2.27. The number of hydrogen-bond acceptors (Lipinski definition) is 11. The van der Waals surface area contributed by atoms with Crippen molar-refractivity contribution in [1.82, 2.24) is 25.8 Å². The van der Waals surface area contributed by atoms with Crippen LogP contribution in [0.5, 0.6) is 5.88 Å². The third kappa shape index (κ3) is 7.18. The lowest BCUT2D eigenvalue weighted by molar-refractivity contribution is -0.142. The summed E-state index contributed by atoms with van der Waals surface area (Å²) in [6, 6.07) is 7.45. The van der Waals surface area contributed by atoms with E-state index in [9.17, 15) is 18.0 Å². The number of benzene rings is 1. The molecule has 184 valence electrons. The van der Waals surface area contributed by atoms with Gasteiger partial charge in [0.1, 0.15) is 6.04 Å². The van der Waals surface area contributed by atoms with Crippen molar-refractivity contribution in [2.45, 2.75) is 17.4 Å². The molecule has 0 bridgehead atoms. The first-order valence-corrected chi connectivity index (χ1v) is 11.9. The van der Waals surface area contributed by atoms with E-state index >= 15 is 0 Å². The van der Waals surface area contributed by atoms with Crippen molar-refractivity contribution in [3.8, 4) is 5.88 Å². The second kappa shape index (κ2) is 12.0. The third-order valence-electron chi connectivity index (χ3n) is 4.55. The lowest BCUT2D eigenvalue weighted by Gasteiger charge is -2.17. The van der Waals surface area contributed by atoms with Gasteiger partial charge in [-0.1, -0.05) is 18.2 Å². The first-order valence-electron chi connectivity index (χ1n) is 10.4. The largest absolute Gasteiger partial charge is 0.475 e. The highest BCUT2D eigenvalue weighted by atomic mass is 32.2. The number of aliphatic imine (C=N–C) groups is 1. The number of esters is 1. The van der Waals surface area contributed by atoms with Gasteiger partial charge in [-0.3, -0.25) is 14.6 Å². The van der Waals surface area contributed by atoms with Gasteiger partial charge in [-0.05, 0) is 23.7 Å². The third-order valence-corrected chi connectivity index (χ3v) is 6.04. The van der Waals surface area contributed by atoms with E-state index in [0.29, 0.717) is 19.6 Å². The van der Waals surface area contributed by atoms with E-state index < -0.39 is 27.9 Å². The van der Waals surface area contributed by atoms with Crippen molar-refractivity contribution in [1.29, 1.82) is 0 Å². The molecule has 2 aromatic rings. The number of ether oxygens (including phenoxy) is 2. The van der Waals surface area contributed by atoms with Gasteiger partial charge in [0.2, 0.25) is 15.8 Å². The molecule has 1 aromatic heterocycles. The maximum Gasteiger partial charge on any atom is 0.325 e. The fourth-order valence-electron chi connectivity index (χ4n) is 2.86. The quantitative estimate of drug-likeness (QED) is 0.217. The molecule has 0 saturated carbocycles. The molecule has 0 radical (unpaired) electrons. The zero-order valence-corrected chi connectivity index (χ0v) is 19.3. The Balaban J connectivity index is 1.47. The Kier molecular flexibility index (Phi) is 8.81. The van der Waals surface area contributed by atoms with Crippen molar-refractivity contribution < 1.29 is 32.0 Å². The molecule has 1 amide bonds. The average molecular weight is 495 g/mol. The summed E-state index contributed by atoms with van der Waals surface area (Å²) in [5, 5.41) is 12.3. The van der Waals surface area contributed by atoms with E-state index in [1.807, 2.05) is 0 Å². The van der Waals surface area contributed by atoms with Crippen LogP contribution < -0.4 is 25.4 Å². The van der Waals surface area contributed by atoms with Crippen LogP contribution in [0, 0.1) is 0 Å². The predicted molar refractivity (Wildman–Crippen MR) is 120 cm³/mol. The number of aromatic nitrogens is 1. The van der Waals surface area contributed by atoms with Crippen molar-refractivity contribution >= 4 is 27.9 Å². The van der Waals surface area contributed by atoms with Crippen LogP contribution in [0.3, 0.4) is 0 Å². The summed E-state index contributed by atoms with van der Waals surface area (Å²) in [4.78, 5) is 28.6. The molecule has 14 heteroatoms. The topological polar surface area (TPSA) is 173 Å². The number of methoxy groups -OCH3 is 1. The van der Waals surface area contributed by atoms with Gasteiger partial charge >= 0.3 is 5.97 Å². The molecule has 0 spiro atoms. The van der Waals surface area contributed by atoms with E-state index in [1.54, 1.807) is 18.2 Å². The van der Waals surface area contributed by atoms with Gasteiger partial charge in [-0.2, -0.15) is 4.72 Å². The van der Waals surface area contributed by atoms with Crippen LogP contribution in [0.25, 0.3) is 0 Å². The second-order valence-electron chi connectivity index (χ2n) is 7.04. The minimum atomic E-state index is -4.02. The Morgan fingerprint density at radius 3 is 2.76 bits per heavy atom. The van der Waals surface area contributed by atoms with Gasteiger partial charge in [0.05, 0.1) is 31.2 Å². The maximum atomic E-state index is 12.5. The summed E-state index contributed by atoms with van der Waals surface area (Å²) in [7, 11) is -2.91. The number of rotatable bonds is 12. The number of nitrogens with zero attached hydrogens (tertiary/aromatic N) is 2. The second-order valence-corrected chi connectivity index (χ2v) is 8.75. The summed E-state index contributed by atoms with van der Waals surface area (Å²) < 4.78 is 42.3. The van der Waals surface area contributed by atoms with Gasteiger partial charge in [-0.25, -0.2) is 8.42 Å². The number of hydrogen-bond donors (Lipinski definition) is 4. The molecule has 0 saturated heterocycles. The lowest BCUT2D eigenvalue weighted by atomic mass is 10.3. The van der Waals surface area contributed by atoms with E-state index in [4.69, 9.17) is 9.26 Å². The molecule has 34 heavy (non-hydrogen) atoms. The molecule has 1 aromatic carbocycles. The Labute approximate surface area is 196 Å². The van der Waals surface area contributed by atoms with Crippen molar-refractivity contribution in [2.24, 2.45) is 4.99 Å². The molecule has 0 aliphatic carbocycles. The molecule has 13 nitrogen and oxygen atoms in total. The minimum Gasteiger partial charge on any atom is -0.475 e. The highest BCUT2D eigenvalue weighted by Crippen LogP contribution is 2.12. The zero-order chi connectivity index (χ0) is 24.4. The summed E-state index contributed by atoms with van der Waals surface area (Å²) >= 11 is 0. The fourth-order valence-corrected chi connectivity index (χ4v) is 4.06. The Bertz CT molecular complexity index is 1100. The van der Waals surface area contributed by atoms with Gasteiger partial charge in [0, 0.05) is 19.6 Å². The van der Waals surface area contributed by atoms with Crippen LogP contribution in [0.4, 0.5) is 0 Å². The zero-order valence-electron chi connectivity index (χ0n) is 18.4. The van der Waals surface area contributed by atoms with Crippen molar-refractivity contribution in [3.63, 3.8) is 0 Å². The molecule has 3 rings (SSSR count). The van der Waals surface area contributed by atoms with Crippen molar-refractivity contribution in [2.75, 3.05) is 39.9 Å². The molecule has 1 aliphatic heterocycles. The fraction of sp³-hybridized carbons (Fsp3) is 0.400. The number of guanidine groups is 1. The van der Waals surface area contributed by atoms with Crippen LogP contribution in [-0.2, 0) is 19.6 Å². The lowest BCUT2D eigenvalue weighted by Crippen LogP contribution is -2.48. The number of carbonyl (C=O) groups is 2. The highest BCUT2D eigenvalue weighted by molar-refractivity contribution is 7.89. The normalized spacial score (nSPS) is 14.0. The van der Waals surface area contributed by atoms with E-state index in [2.05, 4.69) is 35.6 Å². The Morgan fingerprint density at radius 2 is 2.06 bits per heavy atom. The van der Waals surface area contributed by atoms with Gasteiger partial charge in [-0.15, -0.1) is 0 Å². The average Bonchev–Trinajstić information content (AvgIpc) is 3.54. The summed E-state index contributed by atoms with van der Waals surface area (Å²) in [5.41, 5.74) is 0. The maximum absolute atomic E-state index is 12.5. The molecular weight excluding hydrogens is 468 g/mol. The Morgan fingerprint density at radius 1 is 1.26 bits per heavy atom. The van der Waals surface area contributed by atoms with Crippen LogP contribution in [0.1, 0.15) is 17.0 Å². The summed E-state index contributed by atoms with van der Waals surface area (Å²) in [5.74, 6) is -0.851. The van der Waals surface area contributed by atoms with Crippen LogP contribution in [0.15, 0.2) is 50.8 Å². The molecule has 2 heterocycles. The van der Waals surface area contributed by atoms with Gasteiger partial charge in [0.25, 0.3) is 11.8 Å². The van der Waals surface area contributed by atoms with Gasteiger partial charge < -0.3 is 29.9 Å². The molecule has 1 aliphatic rings. The van der Waals surface area contributed by atoms with Crippen LogP contribution >= 0.6 is 0 Å². The molecule has 4 N–H and O–H groups in total. The molecule has 0 fully saturated rings. The molecule has 1 unspecified atom stereocenters. The molecule has 1 atom stereocenters. The van der Waals surface area contributed by atoms with E-state index in [1.165, 1.54) is 18.2 Å². The number of carbonyl (C=O) groups excluding carboxylic acids is 2. The molecular formula is C20H26N6O7S. The van der Waals surface area contributed by atoms with Crippen molar-refractivity contribution in [3.05, 3.63) is 42.2 Å². The van der Waals surface area contributed by atoms with Gasteiger partial charge in [0.15, 0.2) is 5.96 Å². The number of sulfonamides is 1. The first-order chi connectivity index (χ1) is 16.4. The van der Waals surface area contributed by atoms with Crippen LogP contribution in [-0.4, -0.2) is 77.3 Å². The standard InChI is InChI=1S/C20H26N6O7S/c1-31-19(28)15(26-34(29,30)14-6-3-2-4-7-14)13-24-18(27)16-12-17(25-33-16)32-11-5-8-21-20-22-9-10-23-20/h2-4,6-7,12,15,26H,5,8-11,13H2,1H3,(H,24,27)(H2,21,22,23). The Hall–Kier alpha value is -3.65. The van der Waals surface area contributed by atoms with E-state index in [0.717, 1.165) is 26.2 Å². The number of nitrogens with one attached hydrogen (secondary N) is 4. The van der Waals surface area contributed by atoms with Crippen LogP contribution in [0.2, 0.25) is 0 Å². The summed E-state index contributed by atoms with van der Waals surface area (Å²) in [6.07, 6.45) is 0.664. The first kappa shape index (κ1) is 25.0. The smallest absolute Gasteiger partial charge is 0.325 e. The summed E-state index contributed by atoms with van der Waals surface area (Å²) in [6.45, 7) is 2.17. The monoisotopic (exact) mass is 494 g/mol. The predicted octanol–water partition coefficient (Wildman–Crippen LogP) is -0.758. The minimum absolute atomic E-state index is 0.0325. The number of amides is 1. The SMILES string of the molecule is COC(=O)C(CNC(=O)c1cc(OCCCNC2=NCCN2)no1)NS(=O)(=O)c1ccccc1. The van der Waals surface area contributed by atoms with E-state index in [-0.39, 0.29) is 23.1 Å².